The van der Waals surface area contributed by atoms with Gasteiger partial charge in [0.2, 0.25) is 0 Å². The maximum Gasteiger partial charge on any atom is 0.167 e. The first-order valence-electron chi connectivity index (χ1n) is 7.34. The topological polar surface area (TPSA) is 24.1 Å². The summed E-state index contributed by atoms with van der Waals surface area (Å²) in [5, 5.41) is 9.59. The highest BCUT2D eigenvalue weighted by atomic mass is 32.2. The average molecular weight is 351 g/mol. The Morgan fingerprint density at radius 2 is 2.05 bits per heavy atom. The predicted molar refractivity (Wildman–Crippen MR) is 104 cm³/mol. The number of thiophene rings is 1. The molecule has 0 fully saturated rings. The van der Waals surface area contributed by atoms with Crippen molar-refractivity contribution in [3.63, 3.8) is 0 Å². The van der Waals surface area contributed by atoms with E-state index < -0.39 is 0 Å². The van der Waals surface area contributed by atoms with Crippen LogP contribution in [0.4, 0.5) is 0 Å². The maximum absolute atomic E-state index is 5.46. The SMILES string of the molecule is CSCCCNC(=S)N[C@@H](c1ccc(C)cc1)c1cccs1. The van der Waals surface area contributed by atoms with Crippen molar-refractivity contribution in [2.24, 2.45) is 0 Å². The van der Waals surface area contributed by atoms with Crippen molar-refractivity contribution >= 4 is 40.4 Å². The summed E-state index contributed by atoms with van der Waals surface area (Å²) in [6.07, 6.45) is 3.25. The van der Waals surface area contributed by atoms with Crippen LogP contribution in [0.5, 0.6) is 0 Å². The van der Waals surface area contributed by atoms with Crippen molar-refractivity contribution in [2.75, 3.05) is 18.6 Å². The number of hydrogen-bond donors (Lipinski definition) is 2. The third-order valence-corrected chi connectivity index (χ3v) is 5.22. The Morgan fingerprint density at radius 1 is 1.27 bits per heavy atom. The molecule has 1 aromatic heterocycles. The van der Waals surface area contributed by atoms with E-state index in [4.69, 9.17) is 12.2 Å². The second kappa shape index (κ2) is 9.18. The van der Waals surface area contributed by atoms with Crippen molar-refractivity contribution in [1.82, 2.24) is 10.6 Å². The number of hydrogen-bond acceptors (Lipinski definition) is 3. The van der Waals surface area contributed by atoms with Gasteiger partial charge in [-0.3, -0.25) is 0 Å². The number of thioether (sulfide) groups is 1. The first-order valence-corrected chi connectivity index (χ1v) is 10.0. The molecular weight excluding hydrogens is 328 g/mol. The Bertz CT molecular complexity index is 564. The fourth-order valence-electron chi connectivity index (χ4n) is 2.13. The molecule has 0 saturated carbocycles. The second-order valence-corrected chi connectivity index (χ2v) is 7.48. The van der Waals surface area contributed by atoms with Gasteiger partial charge in [0.15, 0.2) is 5.11 Å². The third kappa shape index (κ3) is 5.30. The van der Waals surface area contributed by atoms with Gasteiger partial charge >= 0.3 is 0 Å². The van der Waals surface area contributed by atoms with Crippen molar-refractivity contribution in [3.8, 4) is 0 Å². The summed E-state index contributed by atoms with van der Waals surface area (Å²) in [5.74, 6) is 1.15. The number of nitrogens with one attached hydrogen (secondary N) is 2. The summed E-state index contributed by atoms with van der Waals surface area (Å²) in [4.78, 5) is 1.28. The lowest BCUT2D eigenvalue weighted by molar-refractivity contribution is 0.740. The molecule has 1 aromatic carbocycles. The molecule has 1 heterocycles. The average Bonchev–Trinajstić information content (AvgIpc) is 3.04. The van der Waals surface area contributed by atoms with Crippen LogP contribution in [-0.2, 0) is 0 Å². The fourth-order valence-corrected chi connectivity index (χ4v) is 3.59. The summed E-state index contributed by atoms with van der Waals surface area (Å²) in [5.41, 5.74) is 2.51. The van der Waals surface area contributed by atoms with Crippen molar-refractivity contribution < 1.29 is 0 Å². The highest BCUT2D eigenvalue weighted by Gasteiger charge is 2.15. The second-order valence-electron chi connectivity index (χ2n) is 5.11. The molecule has 0 radical (unpaired) electrons. The van der Waals surface area contributed by atoms with E-state index in [0.29, 0.717) is 0 Å². The molecular formula is C17H22N2S3. The Morgan fingerprint density at radius 3 is 2.68 bits per heavy atom. The number of benzene rings is 1. The molecule has 0 saturated heterocycles. The van der Waals surface area contributed by atoms with Crippen LogP contribution in [0.2, 0.25) is 0 Å². The Kier molecular flexibility index (Phi) is 7.22. The Labute approximate surface area is 146 Å². The minimum Gasteiger partial charge on any atom is -0.363 e. The van der Waals surface area contributed by atoms with Crippen molar-refractivity contribution in [1.29, 1.82) is 0 Å². The number of rotatable bonds is 7. The minimum atomic E-state index is 0.112. The summed E-state index contributed by atoms with van der Waals surface area (Å²) >= 11 is 9.07. The molecule has 0 spiro atoms. The van der Waals surface area contributed by atoms with E-state index in [1.54, 1.807) is 11.3 Å². The first-order chi connectivity index (χ1) is 10.7. The van der Waals surface area contributed by atoms with E-state index in [9.17, 15) is 0 Å². The molecule has 5 heteroatoms. The lowest BCUT2D eigenvalue weighted by Crippen LogP contribution is -2.38. The van der Waals surface area contributed by atoms with Gasteiger partial charge in [-0.1, -0.05) is 35.9 Å². The highest BCUT2D eigenvalue weighted by Crippen LogP contribution is 2.26. The third-order valence-electron chi connectivity index (χ3n) is 3.32. The van der Waals surface area contributed by atoms with E-state index in [2.05, 4.69) is 65.6 Å². The molecule has 0 amide bonds. The van der Waals surface area contributed by atoms with Gasteiger partial charge < -0.3 is 10.6 Å². The number of thiocarbonyl (C=S) groups is 1. The lowest BCUT2D eigenvalue weighted by Gasteiger charge is -2.20. The predicted octanol–water partition coefficient (Wildman–Crippen LogP) is 4.36. The zero-order valence-corrected chi connectivity index (χ0v) is 15.4. The zero-order chi connectivity index (χ0) is 15.8. The zero-order valence-electron chi connectivity index (χ0n) is 13.0. The van der Waals surface area contributed by atoms with Gasteiger partial charge in [0.25, 0.3) is 0 Å². The van der Waals surface area contributed by atoms with Gasteiger partial charge in [0.05, 0.1) is 6.04 Å². The van der Waals surface area contributed by atoms with Crippen LogP contribution < -0.4 is 10.6 Å². The molecule has 22 heavy (non-hydrogen) atoms. The summed E-state index contributed by atoms with van der Waals surface area (Å²) in [6.45, 7) is 3.02. The van der Waals surface area contributed by atoms with E-state index in [-0.39, 0.29) is 6.04 Å². The molecule has 0 bridgehead atoms. The molecule has 2 N–H and O–H groups in total. The van der Waals surface area contributed by atoms with Crippen LogP contribution in [0.25, 0.3) is 0 Å². The lowest BCUT2D eigenvalue weighted by atomic mass is 10.0. The van der Waals surface area contributed by atoms with Crippen LogP contribution in [0.15, 0.2) is 41.8 Å². The monoisotopic (exact) mass is 350 g/mol. The standard InChI is InChI=1S/C17H22N2S3/c1-13-6-8-14(9-7-13)16(15-5-3-12-22-15)19-17(20)18-10-4-11-21-2/h3,5-9,12,16H,4,10-11H2,1-2H3,(H2,18,19,20)/t16-/m0/s1. The van der Waals surface area contributed by atoms with Crippen molar-refractivity contribution in [3.05, 3.63) is 57.8 Å². The fraction of sp³-hybridized carbons (Fsp3) is 0.353. The summed E-state index contributed by atoms with van der Waals surface area (Å²) in [7, 11) is 0. The van der Waals surface area contributed by atoms with E-state index in [1.165, 1.54) is 16.0 Å². The molecule has 0 aliphatic rings. The van der Waals surface area contributed by atoms with E-state index in [0.717, 1.165) is 23.8 Å². The van der Waals surface area contributed by atoms with Gasteiger partial charge in [-0.15, -0.1) is 11.3 Å². The molecule has 118 valence electrons. The molecule has 1 atom stereocenters. The van der Waals surface area contributed by atoms with Crippen LogP contribution in [0.3, 0.4) is 0 Å². The van der Waals surface area contributed by atoms with Crippen LogP contribution >= 0.6 is 35.3 Å². The van der Waals surface area contributed by atoms with Gasteiger partial charge in [-0.2, -0.15) is 11.8 Å². The summed E-state index contributed by atoms with van der Waals surface area (Å²) < 4.78 is 0. The molecule has 2 nitrogen and oxygen atoms in total. The van der Waals surface area contributed by atoms with Gasteiger partial charge in [-0.25, -0.2) is 0 Å². The molecule has 2 aromatic rings. The molecule has 0 unspecified atom stereocenters. The maximum atomic E-state index is 5.46. The van der Waals surface area contributed by atoms with Crippen LogP contribution in [-0.4, -0.2) is 23.7 Å². The van der Waals surface area contributed by atoms with E-state index >= 15 is 0 Å². The smallest absolute Gasteiger partial charge is 0.167 e. The van der Waals surface area contributed by atoms with Gasteiger partial charge in [-0.05, 0) is 54.6 Å². The Balaban J connectivity index is 2.03. The molecule has 2 rings (SSSR count). The quantitative estimate of drug-likeness (QED) is 0.572. The highest BCUT2D eigenvalue weighted by molar-refractivity contribution is 7.98. The van der Waals surface area contributed by atoms with Gasteiger partial charge in [0, 0.05) is 11.4 Å². The first kappa shape index (κ1) is 17.3. The Hall–Kier alpha value is -1.04. The minimum absolute atomic E-state index is 0.112. The van der Waals surface area contributed by atoms with Crippen molar-refractivity contribution in [2.45, 2.75) is 19.4 Å². The van der Waals surface area contributed by atoms with Gasteiger partial charge in [0.1, 0.15) is 0 Å². The van der Waals surface area contributed by atoms with E-state index in [1.807, 2.05) is 11.8 Å². The largest absolute Gasteiger partial charge is 0.363 e. The normalized spacial score (nSPS) is 11.9. The molecule has 0 aliphatic heterocycles. The summed E-state index contributed by atoms with van der Waals surface area (Å²) in [6, 6.07) is 13.0. The number of aryl methyl sites for hydroxylation is 1. The molecule has 0 aliphatic carbocycles. The van der Waals surface area contributed by atoms with Crippen LogP contribution in [0, 0.1) is 6.92 Å². The van der Waals surface area contributed by atoms with Crippen LogP contribution in [0.1, 0.15) is 28.5 Å².